The molecular weight excluding hydrogens is 1120 g/mol. The van der Waals surface area contributed by atoms with E-state index in [-0.39, 0.29) is 12.1 Å². The maximum absolute atomic E-state index is 6.22. The number of rotatable bonds is 17. The van der Waals surface area contributed by atoms with Crippen molar-refractivity contribution in [2.75, 3.05) is 30.2 Å². The summed E-state index contributed by atoms with van der Waals surface area (Å²) < 4.78 is 18.1. The van der Waals surface area contributed by atoms with E-state index in [0.717, 1.165) is 124 Å². The van der Waals surface area contributed by atoms with Crippen molar-refractivity contribution in [1.29, 1.82) is 0 Å². The molecule has 3 N–H and O–H groups in total. The van der Waals surface area contributed by atoms with Crippen LogP contribution in [0.4, 0.5) is 17.5 Å². The number of pyridine rings is 6. The fraction of sp³-hybridized carbons (Fsp3) is 0.239. The minimum Gasteiger partial charge on any atom is -0.497 e. The Morgan fingerprint density at radius 2 is 0.920 bits per heavy atom. The van der Waals surface area contributed by atoms with E-state index in [1.165, 1.54) is 5.56 Å². The molecule has 0 fully saturated rings. The van der Waals surface area contributed by atoms with Gasteiger partial charge in [0.15, 0.2) is 0 Å². The van der Waals surface area contributed by atoms with Crippen LogP contribution in [0.2, 0.25) is 5.02 Å². The summed E-state index contributed by atoms with van der Waals surface area (Å²) in [6.07, 6.45) is 18.5. The molecule has 0 unspecified atom stereocenters. The fourth-order valence-electron chi connectivity index (χ4n) is 10.3. The molecule has 446 valence electrons. The third kappa shape index (κ3) is 13.5. The van der Waals surface area contributed by atoms with E-state index >= 15 is 0 Å². The summed E-state index contributed by atoms with van der Waals surface area (Å²) in [5.74, 6) is 4.12. The van der Waals surface area contributed by atoms with Gasteiger partial charge in [-0.3, -0.25) is 38.7 Å². The molecule has 13 rings (SSSR count). The fourth-order valence-corrected chi connectivity index (χ4v) is 10.5. The van der Waals surface area contributed by atoms with E-state index in [9.17, 15) is 0 Å². The number of methoxy groups -OCH3 is 2. The minimum absolute atomic E-state index is 0.227. The average molecular weight is 1190 g/mol. The monoisotopic (exact) mass is 1190 g/mol. The summed E-state index contributed by atoms with van der Waals surface area (Å²) in [5.41, 5.74) is 15.5. The lowest BCUT2D eigenvalue weighted by Crippen LogP contribution is -2.16. The molecule has 10 aromatic heterocycles. The predicted molar refractivity (Wildman–Crippen MR) is 349 cm³/mol. The summed E-state index contributed by atoms with van der Waals surface area (Å²) in [5, 5.41) is 31.3. The van der Waals surface area contributed by atoms with Gasteiger partial charge in [0.05, 0.1) is 90.8 Å². The number of fused-ring (bicyclic) bond motifs is 3. The second-order valence-electron chi connectivity index (χ2n) is 22.1. The number of aryl methyl sites for hydroxylation is 2. The van der Waals surface area contributed by atoms with E-state index in [0.29, 0.717) is 30.7 Å². The average Bonchev–Trinajstić information content (AvgIpc) is 2.50. The molecule has 0 spiro atoms. The number of anilines is 3. The zero-order chi connectivity index (χ0) is 61.4. The number of hydrogen-bond acceptors (Lipinski definition) is 16. The lowest BCUT2D eigenvalue weighted by atomic mass is 10.0. The lowest BCUT2D eigenvalue weighted by Gasteiger charge is -2.14. The maximum Gasteiger partial charge on any atom is 0.137 e. The van der Waals surface area contributed by atoms with Gasteiger partial charge in [0.2, 0.25) is 0 Å². The van der Waals surface area contributed by atoms with Crippen LogP contribution < -0.4 is 25.4 Å². The Morgan fingerprint density at radius 1 is 0.489 bits per heavy atom. The van der Waals surface area contributed by atoms with Gasteiger partial charge in [-0.25, -0.2) is 15.0 Å². The highest BCUT2D eigenvalue weighted by molar-refractivity contribution is 6.30. The van der Waals surface area contributed by atoms with Crippen LogP contribution in [-0.2, 0) is 33.7 Å². The molecule has 0 saturated carbocycles. The topological polar surface area (TPSA) is 216 Å². The number of aromatic nitrogens is 14. The van der Waals surface area contributed by atoms with Crippen molar-refractivity contribution in [2.24, 2.45) is 19.1 Å². The highest BCUT2D eigenvalue weighted by Gasteiger charge is 2.25. The molecule has 20 nitrogen and oxygen atoms in total. The Morgan fingerprint density at radius 3 is 1.39 bits per heavy atom. The van der Waals surface area contributed by atoms with Gasteiger partial charge in [0.25, 0.3) is 0 Å². The molecule has 1 aliphatic rings. The largest absolute Gasteiger partial charge is 0.497 e. The van der Waals surface area contributed by atoms with Crippen molar-refractivity contribution < 1.29 is 9.47 Å². The first-order chi connectivity index (χ1) is 42.7. The molecule has 0 bridgehead atoms. The predicted octanol–water partition coefficient (Wildman–Crippen LogP) is 12.8. The number of benzene rings is 2. The summed E-state index contributed by atoms with van der Waals surface area (Å²) in [6.45, 7) is 14.5. The zero-order valence-corrected chi connectivity index (χ0v) is 51.6. The number of nitrogens with zero attached hydrogens (tertiary/aromatic N) is 15. The van der Waals surface area contributed by atoms with E-state index in [4.69, 9.17) is 36.3 Å². The quantitative estimate of drug-likeness (QED) is 0.0773. The van der Waals surface area contributed by atoms with Crippen molar-refractivity contribution in [1.82, 2.24) is 69.0 Å². The second kappa shape index (κ2) is 26.5. The molecule has 0 aliphatic carbocycles. The molecule has 12 aromatic rings. The van der Waals surface area contributed by atoms with Crippen LogP contribution >= 0.6 is 11.6 Å². The standard InChI is InChI=1S/C26H27N7O.C22H22ClN5O.C19H20N6/c1-17(2)30-26-24-23(10-12-28-26)33(15-18-5-7-21(34-4)8-6-18)31-25(24)22-13-19(9-11-27-22)20-14-29-32(3)16-20;1-14(2)26-22-20-19(9-11-25-22)28(13-15-4-6-17(29-3)7-5-15)27-21(20)18-12-16(23)8-10-24-18;1-12(2)24-19-17-14(5-7-21-19)9-22-18(17)16-8-13(4-6-20-16)15-10-23-25(3)11-15/h5-14,16-17H,15H2,1-4H3,(H,28,30);4-12,14H,13H2,1-3H3,(H,25,26);4-8,10-12H,9H2,1-3H3,(H,21,24). The number of aliphatic imine (C=N–C) groups is 1. The van der Waals surface area contributed by atoms with Crippen molar-refractivity contribution in [3.8, 4) is 56.5 Å². The molecule has 11 heterocycles. The van der Waals surface area contributed by atoms with Gasteiger partial charge in [-0.15, -0.1) is 0 Å². The first-order valence-corrected chi connectivity index (χ1v) is 29.4. The van der Waals surface area contributed by atoms with E-state index < -0.39 is 0 Å². The van der Waals surface area contributed by atoms with Crippen LogP contribution in [0.1, 0.15) is 69.5 Å². The van der Waals surface area contributed by atoms with Gasteiger partial charge in [0.1, 0.15) is 40.3 Å². The number of hydrogen-bond donors (Lipinski definition) is 3. The molecule has 0 saturated heterocycles. The van der Waals surface area contributed by atoms with Crippen molar-refractivity contribution >= 4 is 56.6 Å². The third-order valence-corrected chi connectivity index (χ3v) is 14.6. The van der Waals surface area contributed by atoms with Crippen LogP contribution in [-0.4, -0.2) is 107 Å². The maximum atomic E-state index is 6.22. The zero-order valence-electron chi connectivity index (χ0n) is 50.8. The van der Waals surface area contributed by atoms with Gasteiger partial charge in [0, 0.05) is 104 Å². The minimum atomic E-state index is 0.227. The molecule has 88 heavy (non-hydrogen) atoms. The molecule has 21 heteroatoms. The van der Waals surface area contributed by atoms with Crippen LogP contribution in [0.25, 0.3) is 66.8 Å². The lowest BCUT2D eigenvalue weighted by molar-refractivity contribution is 0.414. The molecule has 2 aromatic carbocycles. The second-order valence-corrected chi connectivity index (χ2v) is 22.5. The Kier molecular flexibility index (Phi) is 17.9. The van der Waals surface area contributed by atoms with E-state index in [2.05, 4.69) is 122 Å². The molecular formula is C67H69ClN18O2. The number of halogens is 1. The molecule has 0 atom stereocenters. The SMILES string of the molecule is CC(C)Nc1nccc2c1C(c1cc(-c3cnn(C)c3)ccn1)=NC2.COc1ccc(Cn2nc(-c3cc(-c4cnn(C)c4)ccn3)c3c(NC(C)C)nccc32)cc1.COc1ccc(Cn2nc(-c3cc(Cl)ccn3)c3c(NC(C)C)nccc32)cc1. The Balaban J connectivity index is 0.000000138. The highest BCUT2D eigenvalue weighted by Crippen LogP contribution is 2.36. The summed E-state index contributed by atoms with van der Waals surface area (Å²) in [4.78, 5) is 32.2. The van der Waals surface area contributed by atoms with Crippen molar-refractivity contribution in [3.63, 3.8) is 0 Å². The molecule has 1 aliphatic heterocycles. The van der Waals surface area contributed by atoms with Crippen LogP contribution in [0.15, 0.2) is 170 Å². The molecule has 0 radical (unpaired) electrons. The van der Waals surface area contributed by atoms with E-state index in [1.807, 2.05) is 146 Å². The smallest absolute Gasteiger partial charge is 0.137 e. The Labute approximate surface area is 515 Å². The van der Waals surface area contributed by atoms with Crippen molar-refractivity contribution in [3.05, 3.63) is 198 Å². The van der Waals surface area contributed by atoms with Gasteiger partial charge < -0.3 is 25.4 Å². The van der Waals surface area contributed by atoms with Gasteiger partial charge >= 0.3 is 0 Å². The first-order valence-electron chi connectivity index (χ1n) is 29.0. The van der Waals surface area contributed by atoms with Crippen LogP contribution in [0.5, 0.6) is 11.5 Å². The Hall–Kier alpha value is -10.3. The van der Waals surface area contributed by atoms with Crippen LogP contribution in [0.3, 0.4) is 0 Å². The van der Waals surface area contributed by atoms with Crippen LogP contribution in [0, 0.1) is 0 Å². The Bertz CT molecular complexity index is 4410. The summed E-state index contributed by atoms with van der Waals surface area (Å²) >= 11 is 6.22. The third-order valence-electron chi connectivity index (χ3n) is 14.3. The van der Waals surface area contributed by atoms with Crippen molar-refractivity contribution in [2.45, 2.75) is 79.3 Å². The first kappa shape index (κ1) is 59.4. The van der Waals surface area contributed by atoms with Gasteiger partial charge in [-0.05, 0) is 148 Å². The van der Waals surface area contributed by atoms with E-state index in [1.54, 1.807) is 42.0 Å². The molecule has 0 amide bonds. The highest BCUT2D eigenvalue weighted by atomic mass is 35.5. The summed E-state index contributed by atoms with van der Waals surface area (Å²) in [6, 6.07) is 34.5. The normalized spacial score (nSPS) is 11.8. The van der Waals surface area contributed by atoms with Gasteiger partial charge in [-0.2, -0.15) is 20.4 Å². The number of ether oxygens (including phenoxy) is 2. The summed E-state index contributed by atoms with van der Waals surface area (Å²) in [7, 11) is 7.16. The van der Waals surface area contributed by atoms with Gasteiger partial charge in [-0.1, -0.05) is 35.9 Å². The number of nitrogens with one attached hydrogen (secondary N) is 3.